The lowest BCUT2D eigenvalue weighted by atomic mass is 10.2. The smallest absolute Gasteiger partial charge is 0.0342 e. The zero-order valence-electron chi connectivity index (χ0n) is 8.50. The summed E-state index contributed by atoms with van der Waals surface area (Å²) in [5.41, 5.74) is 2.42. The molecule has 0 aromatic heterocycles. The lowest BCUT2D eigenvalue weighted by Crippen LogP contribution is -2.14. The molecule has 1 N–H and O–H groups in total. The van der Waals surface area contributed by atoms with Gasteiger partial charge < -0.3 is 5.32 Å². The topological polar surface area (TPSA) is 12.0 Å². The molecule has 1 fully saturated rings. The van der Waals surface area contributed by atoms with Crippen molar-refractivity contribution in [2.75, 3.05) is 5.32 Å². The summed E-state index contributed by atoms with van der Waals surface area (Å²) in [5.74, 6) is 0. The molecule has 0 atom stereocenters. The van der Waals surface area contributed by atoms with E-state index in [0.29, 0.717) is 6.04 Å². The molecule has 1 saturated carbocycles. The molecule has 1 aliphatic carbocycles. The van der Waals surface area contributed by atoms with Crippen LogP contribution in [0.15, 0.2) is 30.8 Å². The Morgan fingerprint density at radius 3 is 2.36 bits per heavy atom. The van der Waals surface area contributed by atoms with Crippen molar-refractivity contribution in [1.82, 2.24) is 0 Å². The summed E-state index contributed by atoms with van der Waals surface area (Å²) in [5, 5.41) is 3.56. The molecule has 0 saturated heterocycles. The molecule has 1 nitrogen and oxygen atoms in total. The van der Waals surface area contributed by atoms with Gasteiger partial charge in [-0.25, -0.2) is 0 Å². The van der Waals surface area contributed by atoms with E-state index in [9.17, 15) is 0 Å². The van der Waals surface area contributed by atoms with Crippen LogP contribution < -0.4 is 5.32 Å². The largest absolute Gasteiger partial charge is 0.382 e. The number of nitrogens with one attached hydrogen (secondary N) is 1. The van der Waals surface area contributed by atoms with Crippen LogP contribution in [0.1, 0.15) is 31.2 Å². The first-order valence-electron chi connectivity index (χ1n) is 5.37. The summed E-state index contributed by atoms with van der Waals surface area (Å²) in [6.45, 7) is 3.74. The second kappa shape index (κ2) is 4.32. The molecule has 14 heavy (non-hydrogen) atoms. The highest BCUT2D eigenvalue weighted by Gasteiger charge is 2.13. The van der Waals surface area contributed by atoms with Gasteiger partial charge >= 0.3 is 0 Å². The van der Waals surface area contributed by atoms with Crippen LogP contribution in [-0.2, 0) is 0 Å². The fourth-order valence-electron chi connectivity index (χ4n) is 2.02. The molecular weight excluding hydrogens is 170 g/mol. The van der Waals surface area contributed by atoms with E-state index >= 15 is 0 Å². The molecule has 0 amide bonds. The molecule has 1 aromatic carbocycles. The van der Waals surface area contributed by atoms with E-state index < -0.39 is 0 Å². The van der Waals surface area contributed by atoms with Crippen LogP contribution in [0.5, 0.6) is 0 Å². The van der Waals surface area contributed by atoms with E-state index in [4.69, 9.17) is 0 Å². The van der Waals surface area contributed by atoms with Gasteiger partial charge in [-0.2, -0.15) is 0 Å². The van der Waals surface area contributed by atoms with Gasteiger partial charge in [0.25, 0.3) is 0 Å². The molecule has 2 rings (SSSR count). The van der Waals surface area contributed by atoms with Crippen LogP contribution in [-0.4, -0.2) is 6.04 Å². The van der Waals surface area contributed by atoms with Gasteiger partial charge in [-0.1, -0.05) is 37.6 Å². The first-order valence-corrected chi connectivity index (χ1v) is 5.37. The Balaban J connectivity index is 1.98. The zero-order valence-corrected chi connectivity index (χ0v) is 8.50. The molecular formula is C13H17N. The van der Waals surface area contributed by atoms with Crippen LogP contribution in [0.4, 0.5) is 5.69 Å². The van der Waals surface area contributed by atoms with Crippen LogP contribution in [0, 0.1) is 0 Å². The average molecular weight is 187 g/mol. The summed E-state index contributed by atoms with van der Waals surface area (Å²) in [7, 11) is 0. The predicted octanol–water partition coefficient (Wildman–Crippen LogP) is 3.68. The van der Waals surface area contributed by atoms with E-state index in [1.807, 2.05) is 6.08 Å². The molecule has 1 heteroatoms. The lowest BCUT2D eigenvalue weighted by Gasteiger charge is -2.13. The first kappa shape index (κ1) is 9.32. The fourth-order valence-corrected chi connectivity index (χ4v) is 2.02. The maximum absolute atomic E-state index is 3.74. The number of hydrogen-bond donors (Lipinski definition) is 1. The highest BCUT2D eigenvalue weighted by atomic mass is 14.9. The predicted molar refractivity (Wildman–Crippen MR) is 62.4 cm³/mol. The number of hydrogen-bond acceptors (Lipinski definition) is 1. The summed E-state index contributed by atoms with van der Waals surface area (Å²) in [6, 6.07) is 9.17. The Morgan fingerprint density at radius 2 is 1.79 bits per heavy atom. The van der Waals surface area contributed by atoms with E-state index in [2.05, 4.69) is 36.2 Å². The molecule has 0 heterocycles. The minimum atomic E-state index is 0.699. The minimum absolute atomic E-state index is 0.699. The lowest BCUT2D eigenvalue weighted by molar-refractivity contribution is 0.755. The van der Waals surface area contributed by atoms with Crippen molar-refractivity contribution in [3.8, 4) is 0 Å². The van der Waals surface area contributed by atoms with Crippen LogP contribution in [0.2, 0.25) is 0 Å². The molecule has 1 aromatic rings. The molecule has 0 unspecified atom stereocenters. The van der Waals surface area contributed by atoms with Crippen molar-refractivity contribution in [2.45, 2.75) is 31.7 Å². The van der Waals surface area contributed by atoms with Gasteiger partial charge in [-0.05, 0) is 30.5 Å². The molecule has 0 spiro atoms. The van der Waals surface area contributed by atoms with Gasteiger partial charge in [0.05, 0.1) is 0 Å². The maximum atomic E-state index is 3.74. The Kier molecular flexibility index (Phi) is 2.87. The number of benzene rings is 1. The van der Waals surface area contributed by atoms with Gasteiger partial charge in [-0.3, -0.25) is 0 Å². The summed E-state index contributed by atoms with van der Waals surface area (Å²) >= 11 is 0. The second-order valence-electron chi connectivity index (χ2n) is 3.95. The van der Waals surface area contributed by atoms with E-state index in [-0.39, 0.29) is 0 Å². The normalized spacial score (nSPS) is 16.9. The quantitative estimate of drug-likeness (QED) is 0.761. The zero-order chi connectivity index (χ0) is 9.80. The van der Waals surface area contributed by atoms with Gasteiger partial charge in [0.1, 0.15) is 0 Å². The van der Waals surface area contributed by atoms with Crippen molar-refractivity contribution in [1.29, 1.82) is 0 Å². The van der Waals surface area contributed by atoms with Crippen LogP contribution in [0.3, 0.4) is 0 Å². The standard InChI is InChI=1S/C13H17N/c1-2-11-7-9-13(10-8-11)14-12-5-3-4-6-12/h2,7-10,12,14H,1,3-6H2. The number of rotatable bonds is 3. The Hall–Kier alpha value is -1.24. The third kappa shape index (κ3) is 2.16. The van der Waals surface area contributed by atoms with Crippen molar-refractivity contribution in [3.63, 3.8) is 0 Å². The Labute approximate surface area is 85.8 Å². The third-order valence-corrected chi connectivity index (χ3v) is 2.87. The maximum Gasteiger partial charge on any atom is 0.0342 e. The molecule has 0 aliphatic heterocycles. The highest BCUT2D eigenvalue weighted by Crippen LogP contribution is 2.22. The van der Waals surface area contributed by atoms with Crippen molar-refractivity contribution >= 4 is 11.8 Å². The Morgan fingerprint density at radius 1 is 1.14 bits per heavy atom. The SMILES string of the molecule is C=Cc1ccc(NC2CCCC2)cc1. The summed E-state index contributed by atoms with van der Waals surface area (Å²) < 4.78 is 0. The molecule has 74 valence electrons. The molecule has 1 aliphatic rings. The summed E-state index contributed by atoms with van der Waals surface area (Å²) in [6.07, 6.45) is 7.27. The van der Waals surface area contributed by atoms with Crippen LogP contribution in [0.25, 0.3) is 6.08 Å². The first-order chi connectivity index (χ1) is 6.88. The van der Waals surface area contributed by atoms with Gasteiger partial charge in [0.15, 0.2) is 0 Å². The minimum Gasteiger partial charge on any atom is -0.382 e. The van der Waals surface area contributed by atoms with Gasteiger partial charge in [0, 0.05) is 11.7 Å². The van der Waals surface area contributed by atoms with E-state index in [0.717, 1.165) is 0 Å². The molecule has 0 bridgehead atoms. The van der Waals surface area contributed by atoms with Gasteiger partial charge in [0.2, 0.25) is 0 Å². The van der Waals surface area contributed by atoms with Crippen molar-refractivity contribution in [2.24, 2.45) is 0 Å². The van der Waals surface area contributed by atoms with Crippen LogP contribution >= 0.6 is 0 Å². The third-order valence-electron chi connectivity index (χ3n) is 2.87. The highest BCUT2D eigenvalue weighted by molar-refractivity contribution is 5.53. The fraction of sp³-hybridized carbons (Fsp3) is 0.385. The summed E-state index contributed by atoms with van der Waals surface area (Å²) in [4.78, 5) is 0. The molecule has 0 radical (unpaired) electrons. The van der Waals surface area contributed by atoms with Gasteiger partial charge in [-0.15, -0.1) is 0 Å². The number of anilines is 1. The Bertz CT molecular complexity index is 294. The monoisotopic (exact) mass is 187 g/mol. The van der Waals surface area contributed by atoms with Crippen molar-refractivity contribution in [3.05, 3.63) is 36.4 Å². The van der Waals surface area contributed by atoms with E-state index in [1.54, 1.807) is 0 Å². The van der Waals surface area contributed by atoms with Crippen molar-refractivity contribution < 1.29 is 0 Å². The van der Waals surface area contributed by atoms with E-state index in [1.165, 1.54) is 36.9 Å². The second-order valence-corrected chi connectivity index (χ2v) is 3.95. The average Bonchev–Trinajstić information content (AvgIpc) is 2.72.